The Bertz CT molecular complexity index is 297. The van der Waals surface area contributed by atoms with Gasteiger partial charge in [-0.2, -0.15) is 0 Å². The average molecular weight is 255 g/mol. The van der Waals surface area contributed by atoms with E-state index in [-0.39, 0.29) is 0 Å². The van der Waals surface area contributed by atoms with Gasteiger partial charge >= 0.3 is 5.90 Å². The summed E-state index contributed by atoms with van der Waals surface area (Å²) in [5, 5.41) is 0. The first-order valence-corrected chi connectivity index (χ1v) is 6.28. The summed E-state index contributed by atoms with van der Waals surface area (Å²) in [7, 11) is 0.179. The van der Waals surface area contributed by atoms with Crippen LogP contribution in [0, 0.1) is 0 Å². The molecule has 0 aromatic carbocycles. The van der Waals surface area contributed by atoms with Gasteiger partial charge in [0.2, 0.25) is 10.4 Å². The molecular weight excluding hydrogens is 234 g/mol. The van der Waals surface area contributed by atoms with Crippen molar-refractivity contribution < 1.29 is 26.5 Å². The summed E-state index contributed by atoms with van der Waals surface area (Å²) in [6, 6.07) is 0. The number of rotatable bonds is 4. The van der Waals surface area contributed by atoms with Gasteiger partial charge in [0.15, 0.2) is 0 Å². The summed E-state index contributed by atoms with van der Waals surface area (Å²) in [6.07, 6.45) is 2.19. The first-order chi connectivity index (χ1) is 7.32. The predicted octanol–water partition coefficient (Wildman–Crippen LogP) is 0.587. The molecule has 0 fully saturated rings. The lowest BCUT2D eigenvalue weighted by Crippen LogP contribution is -2.18. The third kappa shape index (κ3) is 11.4. The minimum Gasteiger partial charge on any atom is -0.726 e. The molecule has 0 spiro atoms. The lowest BCUT2D eigenvalue weighted by Gasteiger charge is -2.00. The zero-order valence-electron chi connectivity index (χ0n) is 10.5. The molecule has 0 aromatic heterocycles. The lowest BCUT2D eigenvalue weighted by molar-refractivity contribution is -0.503. The zero-order valence-corrected chi connectivity index (χ0v) is 11.3. The molecule has 0 rings (SSSR count). The highest BCUT2D eigenvalue weighted by atomic mass is 32.3. The van der Waals surface area contributed by atoms with Gasteiger partial charge in [0.05, 0.1) is 20.6 Å². The van der Waals surface area contributed by atoms with Crippen LogP contribution in [-0.4, -0.2) is 51.3 Å². The molecule has 0 amide bonds. The molecule has 0 radical (unpaired) electrons. The van der Waals surface area contributed by atoms with Gasteiger partial charge in [0.25, 0.3) is 0 Å². The Hall–Kier alpha value is -0.660. The van der Waals surface area contributed by atoms with Crippen LogP contribution in [0.4, 0.5) is 0 Å². The van der Waals surface area contributed by atoms with Gasteiger partial charge in [-0.05, 0) is 13.3 Å². The molecule has 0 atom stereocenters. The molecule has 0 aliphatic carbocycles. The topological polar surface area (TPSA) is 78.7 Å². The quantitative estimate of drug-likeness (QED) is 0.241. The standard InChI is InChI=1S/C8H18NO.CH4O4S/c1-5-7-8(10-4)9(3)6-2;1-5-6(2,3)4/h5-7H2,1-4H3;1H3,(H,2,3,4)/q+1;/p-1. The van der Waals surface area contributed by atoms with E-state index in [0.29, 0.717) is 0 Å². The van der Waals surface area contributed by atoms with E-state index in [2.05, 4.69) is 29.7 Å². The zero-order chi connectivity index (χ0) is 13.2. The molecule has 0 heterocycles. The second kappa shape index (κ2) is 9.56. The molecule has 0 unspecified atom stereocenters. The summed E-state index contributed by atoms with van der Waals surface area (Å²) < 4.78 is 38.3. The summed E-state index contributed by atoms with van der Waals surface area (Å²) in [5.74, 6) is 1.09. The van der Waals surface area contributed by atoms with Crippen molar-refractivity contribution in [2.45, 2.75) is 26.7 Å². The van der Waals surface area contributed by atoms with Crippen LogP contribution < -0.4 is 0 Å². The van der Waals surface area contributed by atoms with Crippen LogP contribution in [0.3, 0.4) is 0 Å². The van der Waals surface area contributed by atoms with Crippen LogP contribution in [0.1, 0.15) is 26.7 Å². The van der Waals surface area contributed by atoms with Crippen molar-refractivity contribution in [1.29, 1.82) is 0 Å². The first-order valence-electron chi connectivity index (χ1n) is 4.94. The molecule has 0 N–H and O–H groups in total. The van der Waals surface area contributed by atoms with E-state index in [1.54, 1.807) is 7.11 Å². The molecule has 0 bridgehead atoms. The maximum Gasteiger partial charge on any atom is 0.335 e. The Morgan fingerprint density at radius 2 is 1.75 bits per heavy atom. The van der Waals surface area contributed by atoms with Gasteiger partial charge in [0.1, 0.15) is 13.6 Å². The second-order valence-corrected chi connectivity index (χ2v) is 4.09. The Balaban J connectivity index is 0. The Morgan fingerprint density at radius 3 is 1.94 bits per heavy atom. The Labute approximate surface area is 97.8 Å². The molecule has 0 aromatic rings. The average Bonchev–Trinajstić information content (AvgIpc) is 2.24. The first kappa shape index (κ1) is 17.7. The maximum atomic E-state index is 9.22. The van der Waals surface area contributed by atoms with Crippen molar-refractivity contribution in [3.05, 3.63) is 0 Å². The van der Waals surface area contributed by atoms with Crippen molar-refractivity contribution >= 4 is 16.3 Å². The van der Waals surface area contributed by atoms with Crippen molar-refractivity contribution in [3.8, 4) is 0 Å². The molecular formula is C9H21NO5S. The van der Waals surface area contributed by atoms with E-state index >= 15 is 0 Å². The molecule has 0 saturated heterocycles. The highest BCUT2D eigenvalue weighted by Crippen LogP contribution is 1.91. The Morgan fingerprint density at radius 1 is 1.31 bits per heavy atom. The van der Waals surface area contributed by atoms with E-state index in [1.807, 2.05) is 0 Å². The second-order valence-electron chi connectivity index (χ2n) is 2.94. The fraction of sp³-hybridized carbons (Fsp3) is 0.889. The van der Waals surface area contributed by atoms with Crippen LogP contribution in [0.2, 0.25) is 0 Å². The fourth-order valence-electron chi connectivity index (χ4n) is 0.839. The molecule has 6 nitrogen and oxygen atoms in total. The van der Waals surface area contributed by atoms with Gasteiger partial charge < -0.3 is 9.29 Å². The number of hydrogen-bond acceptors (Lipinski definition) is 5. The summed E-state index contributed by atoms with van der Waals surface area (Å²) in [4.78, 5) is 0. The van der Waals surface area contributed by atoms with Crippen LogP contribution in [0.5, 0.6) is 0 Å². The predicted molar refractivity (Wildman–Crippen MR) is 60.4 cm³/mol. The Kier molecular flexibility index (Phi) is 10.6. The van der Waals surface area contributed by atoms with E-state index in [0.717, 1.165) is 32.4 Å². The minimum atomic E-state index is -4.41. The van der Waals surface area contributed by atoms with E-state index in [1.165, 1.54) is 0 Å². The molecule has 0 aliphatic heterocycles. The van der Waals surface area contributed by atoms with Gasteiger partial charge in [-0.1, -0.05) is 6.92 Å². The largest absolute Gasteiger partial charge is 0.726 e. The maximum absolute atomic E-state index is 9.22. The fourth-order valence-corrected chi connectivity index (χ4v) is 0.839. The van der Waals surface area contributed by atoms with E-state index < -0.39 is 10.4 Å². The monoisotopic (exact) mass is 255 g/mol. The van der Waals surface area contributed by atoms with Gasteiger partial charge in [-0.3, -0.25) is 4.18 Å². The van der Waals surface area contributed by atoms with E-state index in [9.17, 15) is 13.0 Å². The van der Waals surface area contributed by atoms with Crippen molar-refractivity contribution in [1.82, 2.24) is 0 Å². The molecule has 7 heteroatoms. The van der Waals surface area contributed by atoms with E-state index in [4.69, 9.17) is 4.74 Å². The van der Waals surface area contributed by atoms with Gasteiger partial charge in [-0.25, -0.2) is 13.0 Å². The summed E-state index contributed by atoms with van der Waals surface area (Å²) >= 11 is 0. The number of methoxy groups -OCH3 is 1. The highest BCUT2D eigenvalue weighted by molar-refractivity contribution is 7.80. The number of ether oxygens (including phenoxy) is 1. The lowest BCUT2D eigenvalue weighted by atomic mass is 10.3. The van der Waals surface area contributed by atoms with Gasteiger partial charge in [0, 0.05) is 0 Å². The smallest absolute Gasteiger partial charge is 0.335 e. The van der Waals surface area contributed by atoms with Crippen molar-refractivity contribution in [2.75, 3.05) is 27.8 Å². The summed E-state index contributed by atoms with van der Waals surface area (Å²) in [5.41, 5.74) is 0. The SMILES string of the molecule is CCCC(OC)=[N+](C)CC.COS(=O)(=O)[O-]. The minimum absolute atomic E-state index is 0.808. The third-order valence-electron chi connectivity index (χ3n) is 1.80. The molecule has 16 heavy (non-hydrogen) atoms. The molecule has 0 saturated carbocycles. The summed E-state index contributed by atoms with van der Waals surface area (Å²) in [6.45, 7) is 5.29. The third-order valence-corrected chi connectivity index (χ3v) is 2.21. The molecule has 98 valence electrons. The highest BCUT2D eigenvalue weighted by Gasteiger charge is 2.06. The molecule has 0 aliphatic rings. The van der Waals surface area contributed by atoms with Crippen LogP contribution in [0.15, 0.2) is 0 Å². The van der Waals surface area contributed by atoms with Crippen molar-refractivity contribution in [2.24, 2.45) is 0 Å². The number of nitrogens with zero attached hydrogens (tertiary/aromatic N) is 1. The number of hydrogen-bond donors (Lipinski definition) is 0. The van der Waals surface area contributed by atoms with Crippen LogP contribution >= 0.6 is 0 Å². The van der Waals surface area contributed by atoms with Crippen molar-refractivity contribution in [3.63, 3.8) is 0 Å². The normalized spacial score (nSPS) is 12.4. The van der Waals surface area contributed by atoms with Crippen LogP contribution in [-0.2, 0) is 19.3 Å². The van der Waals surface area contributed by atoms with Gasteiger partial charge in [-0.15, -0.1) is 0 Å². The van der Waals surface area contributed by atoms with Crippen LogP contribution in [0.25, 0.3) is 0 Å².